The van der Waals surface area contributed by atoms with Gasteiger partial charge in [0.25, 0.3) is 0 Å². The molecule has 0 bridgehead atoms. The van der Waals surface area contributed by atoms with E-state index >= 15 is 0 Å². The van der Waals surface area contributed by atoms with Crippen LogP contribution >= 0.6 is 8.07 Å². The van der Waals surface area contributed by atoms with Crippen molar-refractivity contribution >= 4 is 51.2 Å². The minimum atomic E-state index is -1.50. The van der Waals surface area contributed by atoms with Crippen molar-refractivity contribution in [1.29, 1.82) is 0 Å². The molecule has 0 saturated heterocycles. The van der Waals surface area contributed by atoms with Crippen LogP contribution in [0.1, 0.15) is 5.56 Å². The molecule has 0 N–H and O–H groups in total. The van der Waals surface area contributed by atoms with Crippen LogP contribution in [0.4, 0.5) is 0 Å². The molecule has 1 unspecified atom stereocenters. The third-order valence-corrected chi connectivity index (χ3v) is 10.8. The maximum absolute atomic E-state index is 14.8. The van der Waals surface area contributed by atoms with Gasteiger partial charge >= 0.3 is 0 Å². The van der Waals surface area contributed by atoms with E-state index in [1.165, 1.54) is 10.6 Å². The van der Waals surface area contributed by atoms with Crippen molar-refractivity contribution in [3.05, 3.63) is 127 Å². The number of aromatic nitrogens is 1. The van der Waals surface area contributed by atoms with Crippen LogP contribution in [0, 0.1) is 6.92 Å². The van der Waals surface area contributed by atoms with E-state index in [0.717, 1.165) is 32.3 Å². The van der Waals surface area contributed by atoms with Gasteiger partial charge in [0, 0.05) is 21.4 Å². The largest absolute Gasteiger partial charge is 0.495 e. The molecule has 1 aromatic heterocycles. The lowest BCUT2D eigenvalue weighted by Crippen LogP contribution is -2.19. The van der Waals surface area contributed by atoms with E-state index in [2.05, 4.69) is 90.1 Å². The number of nitrogens with zero attached hydrogens (tertiary/aromatic N) is 1. The third-order valence-electron chi connectivity index (χ3n) is 6.68. The summed E-state index contributed by atoms with van der Waals surface area (Å²) in [5.74, 6) is 0.636. The van der Waals surface area contributed by atoms with Gasteiger partial charge in [-0.2, -0.15) is 0 Å². The second-order valence-corrected chi connectivity index (χ2v) is 12.2. The average molecular weight is 520 g/mol. The molecule has 6 aromatic rings. The van der Waals surface area contributed by atoms with E-state index in [1.807, 2.05) is 42.5 Å². The van der Waals surface area contributed by atoms with Crippen molar-refractivity contribution in [2.75, 3.05) is 7.11 Å². The molecule has 0 aliphatic carbocycles. The van der Waals surface area contributed by atoms with Gasteiger partial charge in [0.1, 0.15) is 21.6 Å². The number of aryl methyl sites for hydroxylation is 1. The van der Waals surface area contributed by atoms with Gasteiger partial charge in [-0.25, -0.2) is 4.21 Å². The quantitative estimate of drug-likeness (QED) is 0.218. The van der Waals surface area contributed by atoms with E-state index in [0.29, 0.717) is 10.6 Å². The summed E-state index contributed by atoms with van der Waals surface area (Å²) in [6, 6.07) is 41.5. The lowest BCUT2D eigenvalue weighted by molar-refractivity contribution is 0.405. The van der Waals surface area contributed by atoms with Gasteiger partial charge in [0.2, 0.25) is 0 Å². The van der Waals surface area contributed by atoms with E-state index in [9.17, 15) is 4.21 Å². The molecule has 5 aromatic carbocycles. The fourth-order valence-electron chi connectivity index (χ4n) is 4.97. The van der Waals surface area contributed by atoms with Crippen LogP contribution in [0.15, 0.2) is 131 Å². The molecule has 1 atom stereocenters. The molecule has 37 heavy (non-hydrogen) atoms. The molecule has 0 saturated carbocycles. The Kier molecular flexibility index (Phi) is 6.38. The molecule has 6 rings (SSSR count). The zero-order valence-electron chi connectivity index (χ0n) is 20.7. The van der Waals surface area contributed by atoms with Crippen LogP contribution in [0.25, 0.3) is 21.7 Å². The highest BCUT2D eigenvalue weighted by Crippen LogP contribution is 2.46. The Labute approximate surface area is 220 Å². The number of fused-ring (bicyclic) bond motifs is 2. The first-order valence-corrected chi connectivity index (χ1v) is 14.6. The van der Waals surface area contributed by atoms with Crippen LogP contribution in [0.2, 0.25) is 0 Å². The van der Waals surface area contributed by atoms with Crippen LogP contribution in [0.3, 0.4) is 0 Å². The molecular formula is C32H26NO2PS. The summed E-state index contributed by atoms with van der Waals surface area (Å²) < 4.78 is 23.0. The van der Waals surface area contributed by atoms with Crippen molar-refractivity contribution < 1.29 is 8.95 Å². The van der Waals surface area contributed by atoms with E-state index < -0.39 is 18.9 Å². The maximum Gasteiger partial charge on any atom is 0.136 e. The number of para-hydroxylation sites is 1. The van der Waals surface area contributed by atoms with Crippen molar-refractivity contribution in [2.45, 2.75) is 16.8 Å². The molecule has 1 heterocycles. The summed E-state index contributed by atoms with van der Waals surface area (Å²) in [6.45, 7) is 2.09. The second kappa shape index (κ2) is 9.97. The Morgan fingerprint density at radius 3 is 1.89 bits per heavy atom. The van der Waals surface area contributed by atoms with Gasteiger partial charge in [0.15, 0.2) is 0 Å². The highest BCUT2D eigenvalue weighted by molar-refractivity contribution is 7.86. The first-order valence-electron chi connectivity index (χ1n) is 12.2. The average Bonchev–Trinajstić information content (AvgIpc) is 3.25. The number of ether oxygens (including phenoxy) is 1. The van der Waals surface area contributed by atoms with Crippen LogP contribution in [-0.2, 0) is 10.8 Å². The monoisotopic (exact) mass is 519 g/mol. The molecule has 0 fully saturated rings. The highest BCUT2D eigenvalue weighted by atomic mass is 32.2. The minimum absolute atomic E-state index is 0.636. The standard InChI is InChI=1S/C32H26NO2PS/c1-23-27-18-11-12-20-29(27)33(36(25-14-5-3-6-15-25)26-16-7-4-8-17-26)32(23)37(34)31-28-19-10-9-13-24(28)21-22-30(31)35-2/h3-22H,1-2H3. The summed E-state index contributed by atoms with van der Waals surface area (Å²) in [7, 11) is -0.899. The zero-order valence-corrected chi connectivity index (χ0v) is 22.4. The lowest BCUT2D eigenvalue weighted by Gasteiger charge is -2.24. The van der Waals surface area contributed by atoms with Crippen molar-refractivity contribution in [1.82, 2.24) is 4.34 Å². The summed E-state index contributed by atoms with van der Waals surface area (Å²) in [5.41, 5.74) is 2.12. The van der Waals surface area contributed by atoms with Gasteiger partial charge in [-0.3, -0.25) is 0 Å². The summed E-state index contributed by atoms with van der Waals surface area (Å²) in [4.78, 5) is 0.712. The topological polar surface area (TPSA) is 31.2 Å². The van der Waals surface area contributed by atoms with Gasteiger partial charge in [-0.1, -0.05) is 109 Å². The third kappa shape index (κ3) is 4.07. The van der Waals surface area contributed by atoms with Gasteiger partial charge in [-0.15, -0.1) is 0 Å². The van der Waals surface area contributed by atoms with Crippen LogP contribution < -0.4 is 15.3 Å². The predicted octanol–water partition coefficient (Wildman–Crippen LogP) is 7.17. The SMILES string of the molecule is COc1ccc2ccccc2c1S(=O)c1c(C)c2ccccc2n1P(c1ccccc1)c1ccccc1. The van der Waals surface area contributed by atoms with Gasteiger partial charge in [0.05, 0.1) is 25.6 Å². The Balaban J connectivity index is 1.70. The summed E-state index contributed by atoms with van der Waals surface area (Å²) in [5, 5.41) is 6.32. The highest BCUT2D eigenvalue weighted by Gasteiger charge is 2.29. The smallest absolute Gasteiger partial charge is 0.136 e. The predicted molar refractivity (Wildman–Crippen MR) is 156 cm³/mol. The van der Waals surface area contributed by atoms with E-state index in [1.54, 1.807) is 7.11 Å². The molecule has 182 valence electrons. The van der Waals surface area contributed by atoms with Crippen molar-refractivity contribution in [3.8, 4) is 5.75 Å². The molecule has 0 amide bonds. The Bertz CT molecular complexity index is 1710. The van der Waals surface area contributed by atoms with Crippen molar-refractivity contribution in [2.24, 2.45) is 0 Å². The van der Waals surface area contributed by atoms with Gasteiger partial charge in [-0.05, 0) is 30.0 Å². The summed E-state index contributed by atoms with van der Waals surface area (Å²) >= 11 is 0. The van der Waals surface area contributed by atoms with Crippen molar-refractivity contribution in [3.63, 3.8) is 0 Å². The molecule has 0 spiro atoms. The Morgan fingerprint density at radius 2 is 1.24 bits per heavy atom. The zero-order chi connectivity index (χ0) is 25.4. The molecule has 0 radical (unpaired) electrons. The van der Waals surface area contributed by atoms with Crippen LogP contribution in [-0.4, -0.2) is 15.7 Å². The maximum atomic E-state index is 14.8. The number of hydrogen-bond acceptors (Lipinski definition) is 2. The molecule has 3 nitrogen and oxygen atoms in total. The Morgan fingerprint density at radius 1 is 0.676 bits per heavy atom. The first kappa shape index (κ1) is 23.7. The molecule has 0 aliphatic rings. The minimum Gasteiger partial charge on any atom is -0.495 e. The van der Waals surface area contributed by atoms with Crippen LogP contribution in [0.5, 0.6) is 5.75 Å². The summed E-state index contributed by atoms with van der Waals surface area (Å²) in [6.07, 6.45) is 0. The number of hydrogen-bond donors (Lipinski definition) is 0. The van der Waals surface area contributed by atoms with Gasteiger partial charge < -0.3 is 9.07 Å². The lowest BCUT2D eigenvalue weighted by atomic mass is 10.1. The normalized spacial score (nSPS) is 12.3. The molecule has 0 aliphatic heterocycles. The van der Waals surface area contributed by atoms with E-state index in [4.69, 9.17) is 4.74 Å². The Hall–Kier alpha value is -3.72. The molecular weight excluding hydrogens is 493 g/mol. The number of methoxy groups -OCH3 is 1. The number of rotatable bonds is 6. The second-order valence-electron chi connectivity index (χ2n) is 8.83. The fraction of sp³-hybridized carbons (Fsp3) is 0.0625. The number of benzene rings is 5. The fourth-order valence-corrected chi connectivity index (χ4v) is 9.38. The first-order chi connectivity index (χ1) is 18.2. The molecule has 5 heteroatoms. The van der Waals surface area contributed by atoms with E-state index in [-0.39, 0.29) is 0 Å².